The van der Waals surface area contributed by atoms with E-state index in [1.165, 1.54) is 0 Å². The second-order valence-corrected chi connectivity index (χ2v) is 2.18. The minimum absolute atomic E-state index is 0.0425. The summed E-state index contributed by atoms with van der Waals surface area (Å²) in [6.07, 6.45) is 1.16. The number of carbonyl (C=O) groups is 1. The smallest absolute Gasteiger partial charge is 0.307 e. The first-order valence-corrected chi connectivity index (χ1v) is 3.61. The van der Waals surface area contributed by atoms with Crippen molar-refractivity contribution in [1.29, 1.82) is 0 Å². The minimum Gasteiger partial charge on any atom is -0.466 e. The van der Waals surface area contributed by atoms with E-state index in [1.54, 1.807) is 6.92 Å². The summed E-state index contributed by atoms with van der Waals surface area (Å²) < 4.78 is 4.70. The average Bonchev–Trinajstić information content (AvgIpc) is 1.88. The third-order valence-electron chi connectivity index (χ3n) is 1.26. The Morgan fingerprint density at radius 3 is 2.60 bits per heavy atom. The van der Waals surface area contributed by atoms with E-state index in [9.17, 15) is 4.79 Å². The van der Waals surface area contributed by atoms with Gasteiger partial charge in [0, 0.05) is 6.04 Å². The normalized spacial score (nSPS) is 12.7. The summed E-state index contributed by atoms with van der Waals surface area (Å²) in [6, 6.07) is -0.0425. The Kier molecular flexibility index (Phi) is 4.94. The Hall–Kier alpha value is -0.570. The van der Waals surface area contributed by atoms with E-state index in [4.69, 9.17) is 10.5 Å². The Labute approximate surface area is 61.5 Å². The molecule has 0 heterocycles. The van der Waals surface area contributed by atoms with Gasteiger partial charge >= 0.3 is 5.97 Å². The van der Waals surface area contributed by atoms with Crippen molar-refractivity contribution >= 4 is 5.97 Å². The van der Waals surface area contributed by atoms with Crippen LogP contribution in [0.2, 0.25) is 0 Å². The van der Waals surface area contributed by atoms with Crippen LogP contribution in [-0.4, -0.2) is 18.6 Å². The Bertz CT molecular complexity index is 104. The lowest BCUT2D eigenvalue weighted by molar-refractivity contribution is -0.143. The molecule has 0 saturated carbocycles. The van der Waals surface area contributed by atoms with Gasteiger partial charge in [0.05, 0.1) is 13.0 Å². The zero-order valence-electron chi connectivity index (χ0n) is 6.59. The number of hydrogen-bond donors (Lipinski definition) is 1. The van der Waals surface area contributed by atoms with Gasteiger partial charge < -0.3 is 10.5 Å². The maximum Gasteiger partial charge on any atom is 0.307 e. The maximum absolute atomic E-state index is 10.7. The molecule has 1 unspecified atom stereocenters. The van der Waals surface area contributed by atoms with Gasteiger partial charge in [0.25, 0.3) is 0 Å². The van der Waals surface area contributed by atoms with Crippen molar-refractivity contribution < 1.29 is 9.53 Å². The number of ether oxygens (including phenoxy) is 1. The quantitative estimate of drug-likeness (QED) is 0.592. The molecule has 0 aliphatic rings. The highest BCUT2D eigenvalue weighted by molar-refractivity contribution is 5.69. The molecule has 60 valence electrons. The van der Waals surface area contributed by atoms with Crippen LogP contribution in [0, 0.1) is 0 Å². The third kappa shape index (κ3) is 4.32. The van der Waals surface area contributed by atoms with E-state index in [2.05, 4.69) is 0 Å². The Morgan fingerprint density at radius 1 is 1.60 bits per heavy atom. The van der Waals surface area contributed by atoms with E-state index < -0.39 is 0 Å². The lowest BCUT2D eigenvalue weighted by Crippen LogP contribution is -2.23. The molecule has 0 aromatic heterocycles. The second kappa shape index (κ2) is 5.23. The standard InChI is InChI=1S/C7H15NO2/c1-3-6(8)5-7(9)10-4-2/h6H,3-5,8H2,1-2H3. The minimum atomic E-state index is -0.197. The molecule has 1 atom stereocenters. The van der Waals surface area contributed by atoms with Crippen molar-refractivity contribution in [2.75, 3.05) is 6.61 Å². The number of hydrogen-bond acceptors (Lipinski definition) is 3. The molecule has 3 heteroatoms. The molecule has 0 aromatic rings. The van der Waals surface area contributed by atoms with E-state index in [1.807, 2.05) is 6.92 Å². The van der Waals surface area contributed by atoms with Gasteiger partial charge in [0.15, 0.2) is 0 Å². The first-order valence-electron chi connectivity index (χ1n) is 3.61. The average molecular weight is 145 g/mol. The highest BCUT2D eigenvalue weighted by atomic mass is 16.5. The summed E-state index contributed by atoms with van der Waals surface area (Å²) in [6.45, 7) is 4.18. The zero-order chi connectivity index (χ0) is 7.98. The number of rotatable bonds is 4. The maximum atomic E-state index is 10.7. The van der Waals surface area contributed by atoms with Gasteiger partial charge in [0.1, 0.15) is 0 Å². The van der Waals surface area contributed by atoms with Crippen LogP contribution in [0.4, 0.5) is 0 Å². The summed E-state index contributed by atoms with van der Waals surface area (Å²) >= 11 is 0. The molecule has 0 saturated heterocycles. The Morgan fingerprint density at radius 2 is 2.20 bits per heavy atom. The van der Waals surface area contributed by atoms with Crippen molar-refractivity contribution in [1.82, 2.24) is 0 Å². The molecule has 10 heavy (non-hydrogen) atoms. The molecule has 0 aliphatic carbocycles. The lowest BCUT2D eigenvalue weighted by atomic mass is 10.2. The van der Waals surface area contributed by atoms with Crippen LogP contribution < -0.4 is 5.73 Å². The fourth-order valence-corrected chi connectivity index (χ4v) is 0.578. The predicted octanol–water partition coefficient (Wildman–Crippen LogP) is 0.677. The van der Waals surface area contributed by atoms with Crippen molar-refractivity contribution in [2.24, 2.45) is 5.73 Å². The lowest BCUT2D eigenvalue weighted by Gasteiger charge is -2.06. The van der Waals surface area contributed by atoms with Crippen LogP contribution in [0.1, 0.15) is 26.7 Å². The molecular formula is C7H15NO2. The summed E-state index contributed by atoms with van der Waals surface area (Å²) in [4.78, 5) is 10.7. The summed E-state index contributed by atoms with van der Waals surface area (Å²) in [5.74, 6) is -0.197. The van der Waals surface area contributed by atoms with Crippen molar-refractivity contribution in [3.05, 3.63) is 0 Å². The van der Waals surface area contributed by atoms with Gasteiger partial charge in [-0.05, 0) is 13.3 Å². The molecule has 0 amide bonds. The van der Waals surface area contributed by atoms with Gasteiger partial charge in [0.2, 0.25) is 0 Å². The van der Waals surface area contributed by atoms with Gasteiger partial charge in [-0.2, -0.15) is 0 Å². The molecule has 0 fully saturated rings. The molecule has 0 aromatic carbocycles. The fraction of sp³-hybridized carbons (Fsp3) is 0.857. The van der Waals surface area contributed by atoms with Gasteiger partial charge in [-0.3, -0.25) is 4.79 Å². The number of carbonyl (C=O) groups excluding carboxylic acids is 1. The van der Waals surface area contributed by atoms with E-state index >= 15 is 0 Å². The fourth-order valence-electron chi connectivity index (χ4n) is 0.578. The summed E-state index contributed by atoms with van der Waals surface area (Å²) in [5, 5.41) is 0. The van der Waals surface area contributed by atoms with E-state index in [0.29, 0.717) is 13.0 Å². The van der Waals surface area contributed by atoms with Gasteiger partial charge in [-0.15, -0.1) is 0 Å². The van der Waals surface area contributed by atoms with Crippen LogP contribution >= 0.6 is 0 Å². The highest BCUT2D eigenvalue weighted by Crippen LogP contribution is 1.95. The predicted molar refractivity (Wildman–Crippen MR) is 39.5 cm³/mol. The largest absolute Gasteiger partial charge is 0.466 e. The third-order valence-corrected chi connectivity index (χ3v) is 1.26. The number of esters is 1. The SMILES string of the molecule is CCOC(=O)CC(N)CC. The molecule has 3 nitrogen and oxygen atoms in total. The van der Waals surface area contributed by atoms with Crippen molar-refractivity contribution in [2.45, 2.75) is 32.7 Å². The van der Waals surface area contributed by atoms with Gasteiger partial charge in [-0.1, -0.05) is 6.92 Å². The molecule has 2 N–H and O–H groups in total. The summed E-state index contributed by atoms with van der Waals surface area (Å²) in [7, 11) is 0. The van der Waals surface area contributed by atoms with Crippen LogP contribution in [0.5, 0.6) is 0 Å². The molecule has 0 bridgehead atoms. The molecule has 0 aliphatic heterocycles. The first kappa shape index (κ1) is 9.43. The molecular weight excluding hydrogens is 130 g/mol. The van der Waals surface area contributed by atoms with Crippen LogP contribution in [-0.2, 0) is 9.53 Å². The van der Waals surface area contributed by atoms with Crippen molar-refractivity contribution in [3.63, 3.8) is 0 Å². The second-order valence-electron chi connectivity index (χ2n) is 2.18. The highest BCUT2D eigenvalue weighted by Gasteiger charge is 2.06. The zero-order valence-corrected chi connectivity index (χ0v) is 6.59. The molecule has 0 spiro atoms. The molecule has 0 radical (unpaired) electrons. The van der Waals surface area contributed by atoms with Crippen LogP contribution in [0.3, 0.4) is 0 Å². The Balaban J connectivity index is 3.37. The van der Waals surface area contributed by atoms with Crippen LogP contribution in [0.15, 0.2) is 0 Å². The number of nitrogens with two attached hydrogens (primary N) is 1. The van der Waals surface area contributed by atoms with E-state index in [0.717, 1.165) is 6.42 Å². The van der Waals surface area contributed by atoms with Crippen molar-refractivity contribution in [3.8, 4) is 0 Å². The monoisotopic (exact) mass is 145 g/mol. The summed E-state index contributed by atoms with van der Waals surface area (Å²) in [5.41, 5.74) is 5.50. The topological polar surface area (TPSA) is 52.3 Å². The van der Waals surface area contributed by atoms with E-state index in [-0.39, 0.29) is 12.0 Å². The molecule has 0 rings (SSSR count). The van der Waals surface area contributed by atoms with Gasteiger partial charge in [-0.25, -0.2) is 0 Å². The van der Waals surface area contributed by atoms with Crippen LogP contribution in [0.25, 0.3) is 0 Å². The first-order chi connectivity index (χ1) is 4.70.